The first kappa shape index (κ1) is 20.8. The second-order valence-electron chi connectivity index (χ2n) is 6.78. The maximum absolute atomic E-state index is 12.3. The highest BCUT2D eigenvalue weighted by Crippen LogP contribution is 2.22. The predicted octanol–water partition coefficient (Wildman–Crippen LogP) is 4.16. The smallest absolute Gasteiger partial charge is 0.306 e. The van der Waals surface area contributed by atoms with E-state index >= 15 is 0 Å². The average molecular weight is 412 g/mol. The van der Waals surface area contributed by atoms with Crippen LogP contribution in [0.3, 0.4) is 0 Å². The molecule has 0 fully saturated rings. The van der Waals surface area contributed by atoms with E-state index in [0.717, 1.165) is 12.0 Å². The standard InChI is InChI=1S/C23H22ClNO4/c24-20-8-6-19(7-9-20)21(26)10-11-23(28)29-16-22(27)25-14-12-18(13-15-25)17-4-2-1-3-5-17/h1-9,12H,10-11,13-16H2. The molecule has 2 aromatic carbocycles. The van der Waals surface area contributed by atoms with Crippen LogP contribution < -0.4 is 0 Å². The summed E-state index contributed by atoms with van der Waals surface area (Å²) < 4.78 is 5.05. The highest BCUT2D eigenvalue weighted by atomic mass is 35.5. The summed E-state index contributed by atoms with van der Waals surface area (Å²) in [5.74, 6) is -0.955. The molecule has 29 heavy (non-hydrogen) atoms. The number of halogens is 1. The van der Waals surface area contributed by atoms with Crippen LogP contribution in [0.1, 0.15) is 35.2 Å². The second-order valence-corrected chi connectivity index (χ2v) is 7.21. The summed E-state index contributed by atoms with van der Waals surface area (Å²) in [6, 6.07) is 16.5. The number of carbonyl (C=O) groups is 3. The fourth-order valence-corrected chi connectivity index (χ4v) is 3.24. The van der Waals surface area contributed by atoms with Crippen LogP contribution in [0.15, 0.2) is 60.7 Å². The number of Topliss-reactive ketones (excluding diaryl/α,β-unsaturated/α-hetero) is 1. The molecule has 0 aromatic heterocycles. The number of ether oxygens (including phenoxy) is 1. The van der Waals surface area contributed by atoms with E-state index in [2.05, 4.69) is 12.1 Å². The average Bonchev–Trinajstić information content (AvgIpc) is 2.77. The number of carbonyl (C=O) groups excluding carboxylic acids is 3. The topological polar surface area (TPSA) is 63.7 Å². The van der Waals surface area contributed by atoms with Crippen LogP contribution in [0.5, 0.6) is 0 Å². The van der Waals surface area contributed by atoms with Crippen molar-refractivity contribution < 1.29 is 19.1 Å². The van der Waals surface area contributed by atoms with E-state index in [0.29, 0.717) is 23.7 Å². The molecule has 1 aliphatic heterocycles. The maximum atomic E-state index is 12.3. The molecule has 0 saturated heterocycles. The van der Waals surface area contributed by atoms with E-state index in [1.54, 1.807) is 29.2 Å². The zero-order chi connectivity index (χ0) is 20.6. The van der Waals surface area contributed by atoms with Crippen molar-refractivity contribution in [1.82, 2.24) is 4.90 Å². The lowest BCUT2D eigenvalue weighted by molar-refractivity contribution is -0.151. The molecule has 0 spiro atoms. The SMILES string of the molecule is O=C(CCC(=O)c1ccc(Cl)cc1)OCC(=O)N1CC=C(c2ccccc2)CC1. The van der Waals surface area contributed by atoms with E-state index in [4.69, 9.17) is 16.3 Å². The third kappa shape index (κ3) is 6.03. The summed E-state index contributed by atoms with van der Waals surface area (Å²) in [7, 11) is 0. The number of nitrogens with zero attached hydrogens (tertiary/aromatic N) is 1. The Morgan fingerprint density at radius 3 is 2.34 bits per heavy atom. The summed E-state index contributed by atoms with van der Waals surface area (Å²) >= 11 is 5.79. The third-order valence-corrected chi connectivity index (χ3v) is 5.04. The Morgan fingerprint density at radius 1 is 0.966 bits per heavy atom. The van der Waals surface area contributed by atoms with Crippen molar-refractivity contribution in [2.45, 2.75) is 19.3 Å². The van der Waals surface area contributed by atoms with Gasteiger partial charge in [0.25, 0.3) is 5.91 Å². The molecule has 0 atom stereocenters. The van der Waals surface area contributed by atoms with Gasteiger partial charge in [-0.25, -0.2) is 0 Å². The van der Waals surface area contributed by atoms with Crippen molar-refractivity contribution in [3.05, 3.63) is 76.8 Å². The predicted molar refractivity (Wildman–Crippen MR) is 112 cm³/mol. The van der Waals surface area contributed by atoms with Gasteiger partial charge in [-0.15, -0.1) is 0 Å². The van der Waals surface area contributed by atoms with Gasteiger partial charge in [0, 0.05) is 30.1 Å². The van der Waals surface area contributed by atoms with E-state index in [1.165, 1.54) is 5.57 Å². The Balaban J connectivity index is 1.40. The highest BCUT2D eigenvalue weighted by molar-refractivity contribution is 6.30. The normalized spacial score (nSPS) is 13.6. The minimum atomic E-state index is -0.557. The van der Waals surface area contributed by atoms with Crippen molar-refractivity contribution in [2.24, 2.45) is 0 Å². The lowest BCUT2D eigenvalue weighted by atomic mass is 10.00. The lowest BCUT2D eigenvalue weighted by Crippen LogP contribution is -2.37. The fourth-order valence-electron chi connectivity index (χ4n) is 3.11. The first-order valence-corrected chi connectivity index (χ1v) is 9.87. The van der Waals surface area contributed by atoms with Crippen LogP contribution in [0.2, 0.25) is 5.02 Å². The van der Waals surface area contributed by atoms with Gasteiger partial charge in [0.05, 0.1) is 6.42 Å². The summed E-state index contributed by atoms with van der Waals surface area (Å²) in [5.41, 5.74) is 2.87. The molecule has 5 nitrogen and oxygen atoms in total. The molecule has 1 aliphatic rings. The van der Waals surface area contributed by atoms with E-state index in [9.17, 15) is 14.4 Å². The van der Waals surface area contributed by atoms with Crippen molar-refractivity contribution in [1.29, 1.82) is 0 Å². The van der Waals surface area contributed by atoms with Gasteiger partial charge < -0.3 is 9.64 Å². The molecule has 150 valence electrons. The number of hydrogen-bond acceptors (Lipinski definition) is 4. The Bertz CT molecular complexity index is 906. The lowest BCUT2D eigenvalue weighted by Gasteiger charge is -2.26. The van der Waals surface area contributed by atoms with Crippen LogP contribution in [0, 0.1) is 0 Å². The van der Waals surface area contributed by atoms with E-state index in [-0.39, 0.29) is 31.1 Å². The summed E-state index contributed by atoms with van der Waals surface area (Å²) in [5, 5.41) is 0.544. The van der Waals surface area contributed by atoms with Crippen LogP contribution >= 0.6 is 11.6 Å². The zero-order valence-electron chi connectivity index (χ0n) is 16.0. The number of benzene rings is 2. The van der Waals surface area contributed by atoms with Gasteiger partial charge in [0.2, 0.25) is 0 Å². The molecule has 2 aromatic rings. The fraction of sp³-hybridized carbons (Fsp3) is 0.261. The van der Waals surface area contributed by atoms with E-state index in [1.807, 2.05) is 24.3 Å². The Labute approximate surface area is 174 Å². The summed E-state index contributed by atoms with van der Waals surface area (Å²) in [4.78, 5) is 37.9. The molecule has 3 rings (SSSR count). The van der Waals surface area contributed by atoms with Crippen molar-refractivity contribution >= 4 is 34.8 Å². The molecule has 0 bridgehead atoms. The summed E-state index contributed by atoms with van der Waals surface area (Å²) in [6.45, 7) is 0.782. The molecule has 6 heteroatoms. The first-order chi connectivity index (χ1) is 14.0. The Kier molecular flexibility index (Phi) is 7.19. The van der Waals surface area contributed by atoms with Crippen molar-refractivity contribution in [2.75, 3.05) is 19.7 Å². The molecule has 0 radical (unpaired) electrons. The Morgan fingerprint density at radius 2 is 1.69 bits per heavy atom. The van der Waals surface area contributed by atoms with Gasteiger partial charge in [-0.2, -0.15) is 0 Å². The molecular weight excluding hydrogens is 390 g/mol. The molecule has 0 aliphatic carbocycles. The van der Waals surface area contributed by atoms with Crippen LogP contribution in [0.4, 0.5) is 0 Å². The zero-order valence-corrected chi connectivity index (χ0v) is 16.7. The number of hydrogen-bond donors (Lipinski definition) is 0. The number of esters is 1. The van der Waals surface area contributed by atoms with Crippen LogP contribution in [0.25, 0.3) is 5.57 Å². The minimum absolute atomic E-state index is 0.0293. The molecule has 1 amide bonds. The summed E-state index contributed by atoms with van der Waals surface area (Å²) in [6.07, 6.45) is 2.76. The van der Waals surface area contributed by atoms with Gasteiger partial charge in [0.15, 0.2) is 12.4 Å². The van der Waals surface area contributed by atoms with Gasteiger partial charge >= 0.3 is 5.97 Å². The number of amides is 1. The maximum Gasteiger partial charge on any atom is 0.306 e. The first-order valence-electron chi connectivity index (χ1n) is 9.49. The molecule has 0 unspecified atom stereocenters. The molecular formula is C23H22ClNO4. The minimum Gasteiger partial charge on any atom is -0.456 e. The van der Waals surface area contributed by atoms with E-state index < -0.39 is 5.97 Å². The number of rotatable bonds is 7. The molecule has 0 N–H and O–H groups in total. The second kappa shape index (κ2) is 10.0. The molecule has 0 saturated carbocycles. The van der Waals surface area contributed by atoms with Crippen molar-refractivity contribution in [3.8, 4) is 0 Å². The van der Waals surface area contributed by atoms with Gasteiger partial charge in [0.1, 0.15) is 0 Å². The van der Waals surface area contributed by atoms with Gasteiger partial charge in [-0.05, 0) is 41.8 Å². The van der Waals surface area contributed by atoms with Gasteiger partial charge in [-0.3, -0.25) is 14.4 Å². The molecule has 1 heterocycles. The Hall–Kier alpha value is -2.92. The van der Waals surface area contributed by atoms with Crippen LogP contribution in [-0.2, 0) is 14.3 Å². The highest BCUT2D eigenvalue weighted by Gasteiger charge is 2.19. The van der Waals surface area contributed by atoms with Crippen LogP contribution in [-0.4, -0.2) is 42.3 Å². The van der Waals surface area contributed by atoms with Gasteiger partial charge in [-0.1, -0.05) is 48.0 Å². The number of ketones is 1. The quantitative estimate of drug-likeness (QED) is 0.507. The largest absolute Gasteiger partial charge is 0.456 e. The monoisotopic (exact) mass is 411 g/mol. The third-order valence-electron chi connectivity index (χ3n) is 4.79. The van der Waals surface area contributed by atoms with Crippen molar-refractivity contribution in [3.63, 3.8) is 0 Å².